The molecule has 0 aromatic rings. The molecule has 0 saturated carbocycles. The summed E-state index contributed by atoms with van der Waals surface area (Å²) in [5, 5.41) is 0. The SMILES string of the molecule is CC/C=C\C/C=C\C/C=C\C/C=C\CCCCCCC(=O)OC(COC(=O)CCCCCCCCCCCCCCC)COP(=O)(O)OCCN(C)C. The molecule has 0 radical (unpaired) electrons. The largest absolute Gasteiger partial charge is 0.472 e. The highest BCUT2D eigenvalue weighted by atomic mass is 31.2. The molecule has 1 N–H and O–H groups in total. The van der Waals surface area contributed by atoms with Crippen molar-refractivity contribution >= 4 is 19.8 Å². The Labute approximate surface area is 324 Å². The summed E-state index contributed by atoms with van der Waals surface area (Å²) >= 11 is 0. The van der Waals surface area contributed by atoms with Gasteiger partial charge in [0.25, 0.3) is 0 Å². The van der Waals surface area contributed by atoms with Gasteiger partial charge in [0.05, 0.1) is 13.2 Å². The molecule has 0 rings (SSSR count). The van der Waals surface area contributed by atoms with Gasteiger partial charge in [-0.25, -0.2) is 4.57 Å². The molecule has 0 bridgehead atoms. The van der Waals surface area contributed by atoms with Crippen LogP contribution in [-0.2, 0) is 32.7 Å². The minimum absolute atomic E-state index is 0.00161. The Morgan fingerprint density at radius 3 is 1.60 bits per heavy atom. The minimum atomic E-state index is -4.37. The topological polar surface area (TPSA) is 112 Å². The van der Waals surface area contributed by atoms with Crippen LogP contribution in [0.2, 0.25) is 0 Å². The van der Waals surface area contributed by atoms with Gasteiger partial charge in [-0.1, -0.05) is 152 Å². The zero-order chi connectivity index (χ0) is 39.1. The number of unbranched alkanes of at least 4 members (excludes halogenated alkanes) is 16. The van der Waals surface area contributed by atoms with Crippen LogP contribution in [0.15, 0.2) is 48.6 Å². The quantitative estimate of drug-likeness (QED) is 0.0284. The number of esters is 2. The molecule has 2 atom stereocenters. The van der Waals surface area contributed by atoms with Crippen molar-refractivity contribution in [2.75, 3.05) is 40.5 Å². The third-order valence-corrected chi connectivity index (χ3v) is 9.63. The van der Waals surface area contributed by atoms with Gasteiger partial charge < -0.3 is 19.3 Å². The lowest BCUT2D eigenvalue weighted by molar-refractivity contribution is -0.161. The first-order chi connectivity index (χ1) is 25.7. The molecule has 0 aliphatic carbocycles. The number of phosphoric ester groups is 1. The number of hydrogen-bond acceptors (Lipinski definition) is 8. The van der Waals surface area contributed by atoms with E-state index in [2.05, 4.69) is 62.5 Å². The maximum atomic E-state index is 12.6. The van der Waals surface area contributed by atoms with Crippen LogP contribution in [0, 0.1) is 0 Å². The Kier molecular flexibility index (Phi) is 36.8. The van der Waals surface area contributed by atoms with Crippen molar-refractivity contribution in [2.24, 2.45) is 0 Å². The summed E-state index contributed by atoms with van der Waals surface area (Å²) in [6, 6.07) is 0. The van der Waals surface area contributed by atoms with Crippen molar-refractivity contribution < 1.29 is 37.6 Å². The highest BCUT2D eigenvalue weighted by Crippen LogP contribution is 2.43. The molecule has 0 fully saturated rings. The number of hydrogen-bond donors (Lipinski definition) is 1. The van der Waals surface area contributed by atoms with Crippen molar-refractivity contribution in [3.05, 3.63) is 48.6 Å². The van der Waals surface area contributed by atoms with Crippen molar-refractivity contribution in [1.82, 2.24) is 4.90 Å². The van der Waals surface area contributed by atoms with Crippen LogP contribution in [0.4, 0.5) is 0 Å². The summed E-state index contributed by atoms with van der Waals surface area (Å²) in [5.41, 5.74) is 0. The number of carbonyl (C=O) groups is 2. The zero-order valence-electron chi connectivity index (χ0n) is 34.2. The number of ether oxygens (including phenoxy) is 2. The molecule has 9 nitrogen and oxygen atoms in total. The fraction of sp³-hybridized carbons (Fsp3) is 0.767. The van der Waals surface area contributed by atoms with Gasteiger partial charge in [0.15, 0.2) is 6.10 Å². The normalized spacial score (nSPS) is 13.9. The lowest BCUT2D eigenvalue weighted by Crippen LogP contribution is -2.29. The summed E-state index contributed by atoms with van der Waals surface area (Å²) in [6.07, 6.45) is 41.5. The van der Waals surface area contributed by atoms with E-state index >= 15 is 0 Å². The van der Waals surface area contributed by atoms with Gasteiger partial charge >= 0.3 is 19.8 Å². The first-order valence-corrected chi connectivity index (χ1v) is 22.4. The molecular formula is C43H78NO8P. The van der Waals surface area contributed by atoms with Crippen molar-refractivity contribution in [2.45, 2.75) is 174 Å². The summed E-state index contributed by atoms with van der Waals surface area (Å²) in [6.45, 7) is 4.17. The molecule has 0 aromatic carbocycles. The fourth-order valence-electron chi connectivity index (χ4n) is 5.44. The average molecular weight is 768 g/mol. The van der Waals surface area contributed by atoms with Crippen molar-refractivity contribution in [3.8, 4) is 0 Å². The maximum absolute atomic E-state index is 12.6. The number of carbonyl (C=O) groups excluding carboxylic acids is 2. The van der Waals surface area contributed by atoms with E-state index in [-0.39, 0.29) is 32.0 Å². The Morgan fingerprint density at radius 2 is 1.08 bits per heavy atom. The summed E-state index contributed by atoms with van der Waals surface area (Å²) in [7, 11) is -0.726. The van der Waals surface area contributed by atoms with Gasteiger partial charge in [-0.05, 0) is 65.5 Å². The van der Waals surface area contributed by atoms with Crippen LogP contribution < -0.4 is 0 Å². The van der Waals surface area contributed by atoms with Crippen LogP contribution in [-0.4, -0.2) is 68.3 Å². The fourth-order valence-corrected chi connectivity index (χ4v) is 6.18. The second kappa shape index (κ2) is 38.3. The number of likely N-dealkylation sites (N-methyl/N-ethyl adjacent to an activating group) is 1. The van der Waals surface area contributed by atoms with Gasteiger partial charge in [-0.2, -0.15) is 0 Å². The second-order valence-corrected chi connectivity index (χ2v) is 15.6. The lowest BCUT2D eigenvalue weighted by atomic mass is 10.0. The lowest BCUT2D eigenvalue weighted by Gasteiger charge is -2.20. The monoisotopic (exact) mass is 768 g/mol. The molecular weight excluding hydrogens is 689 g/mol. The summed E-state index contributed by atoms with van der Waals surface area (Å²) in [5.74, 6) is -0.830. The highest BCUT2D eigenvalue weighted by Gasteiger charge is 2.26. The average Bonchev–Trinajstić information content (AvgIpc) is 3.12. The van der Waals surface area contributed by atoms with E-state index in [4.69, 9.17) is 18.5 Å². The predicted octanol–water partition coefficient (Wildman–Crippen LogP) is 11.8. The summed E-state index contributed by atoms with van der Waals surface area (Å²) < 4.78 is 33.4. The van der Waals surface area contributed by atoms with E-state index in [0.717, 1.165) is 70.6 Å². The van der Waals surface area contributed by atoms with E-state index in [9.17, 15) is 19.0 Å². The predicted molar refractivity (Wildman–Crippen MR) is 220 cm³/mol. The zero-order valence-corrected chi connectivity index (χ0v) is 35.1. The van der Waals surface area contributed by atoms with Gasteiger partial charge in [0, 0.05) is 19.4 Å². The smallest absolute Gasteiger partial charge is 0.462 e. The van der Waals surface area contributed by atoms with E-state index < -0.39 is 26.5 Å². The van der Waals surface area contributed by atoms with Gasteiger partial charge in [-0.15, -0.1) is 0 Å². The van der Waals surface area contributed by atoms with Gasteiger partial charge in [-0.3, -0.25) is 18.6 Å². The molecule has 10 heteroatoms. The van der Waals surface area contributed by atoms with Gasteiger partial charge in [0.2, 0.25) is 0 Å². The first kappa shape index (κ1) is 51.0. The molecule has 0 amide bonds. The van der Waals surface area contributed by atoms with Crippen molar-refractivity contribution in [3.63, 3.8) is 0 Å². The van der Waals surface area contributed by atoms with Crippen LogP contribution in [0.3, 0.4) is 0 Å². The van der Waals surface area contributed by atoms with Crippen molar-refractivity contribution in [1.29, 1.82) is 0 Å². The molecule has 0 aliphatic heterocycles. The Bertz CT molecular complexity index is 1030. The third kappa shape index (κ3) is 39.5. The molecule has 2 unspecified atom stereocenters. The number of nitrogens with zero attached hydrogens (tertiary/aromatic N) is 1. The van der Waals surface area contributed by atoms with E-state index in [0.29, 0.717) is 13.0 Å². The van der Waals surface area contributed by atoms with Crippen LogP contribution in [0.25, 0.3) is 0 Å². The Hall–Kier alpha value is -2.03. The molecule has 308 valence electrons. The first-order valence-electron chi connectivity index (χ1n) is 20.9. The molecule has 0 spiro atoms. The van der Waals surface area contributed by atoms with Gasteiger partial charge in [0.1, 0.15) is 6.61 Å². The summed E-state index contributed by atoms with van der Waals surface area (Å²) in [4.78, 5) is 36.9. The third-order valence-electron chi connectivity index (χ3n) is 8.65. The van der Waals surface area contributed by atoms with Crippen LogP contribution >= 0.6 is 7.82 Å². The van der Waals surface area contributed by atoms with E-state index in [1.54, 1.807) is 0 Å². The molecule has 0 saturated heterocycles. The second-order valence-electron chi connectivity index (χ2n) is 14.1. The highest BCUT2D eigenvalue weighted by molar-refractivity contribution is 7.47. The Morgan fingerprint density at radius 1 is 0.604 bits per heavy atom. The van der Waals surface area contributed by atoms with Crippen LogP contribution in [0.5, 0.6) is 0 Å². The minimum Gasteiger partial charge on any atom is -0.462 e. The molecule has 53 heavy (non-hydrogen) atoms. The maximum Gasteiger partial charge on any atom is 0.472 e. The number of allylic oxidation sites excluding steroid dienone is 8. The van der Waals surface area contributed by atoms with E-state index in [1.807, 2.05) is 19.0 Å². The number of phosphoric acid groups is 1. The molecule has 0 aliphatic rings. The molecule has 0 aromatic heterocycles. The number of rotatable bonds is 38. The van der Waals surface area contributed by atoms with Crippen LogP contribution in [0.1, 0.15) is 168 Å². The van der Waals surface area contributed by atoms with E-state index in [1.165, 1.54) is 64.2 Å². The molecule has 0 heterocycles. The Balaban J connectivity index is 4.36. The standard InChI is InChI=1S/C43H78NO8P/c1-5-7-9-11-13-15-17-19-20-21-22-24-26-28-30-32-34-36-43(46)52-41(40-51-53(47,48)50-38-37-44(3)4)39-49-42(45)35-33-31-29-27-25-23-18-16-14-12-10-8-6-2/h7,9,13,15,19-20,22,24,41H,5-6,8,10-12,14,16-18,21,23,25-40H2,1-4H3,(H,47,48)/b9-7-,15-13-,20-19-,24-22-.